The number of amides is 1. The maximum Gasteiger partial charge on any atom is 0.224 e. The molecule has 1 amide bonds. The first kappa shape index (κ1) is 15.6. The Balaban J connectivity index is 1.63. The molecule has 0 saturated heterocycles. The molecular weight excluding hydrogens is 314 g/mol. The van der Waals surface area contributed by atoms with Gasteiger partial charge in [-0.15, -0.1) is 0 Å². The topological polar surface area (TPSA) is 29.1 Å². The second kappa shape index (κ2) is 6.84. The standard InChI is InChI=1S/C18H20ClNOS/c19-16-6-2-1-5-14(16)11-17(21)20-13-18(8-3-4-9-18)15-7-10-22-12-15/h1-2,5-7,10,12H,3-4,8-9,11,13H2,(H,20,21). The molecule has 22 heavy (non-hydrogen) atoms. The highest BCUT2D eigenvalue weighted by Crippen LogP contribution is 2.41. The molecule has 0 aliphatic heterocycles. The van der Waals surface area contributed by atoms with Crippen LogP contribution in [0.1, 0.15) is 36.8 Å². The fraction of sp³-hybridized carbons (Fsp3) is 0.389. The van der Waals surface area contributed by atoms with Crippen LogP contribution in [0.15, 0.2) is 41.1 Å². The van der Waals surface area contributed by atoms with Crippen LogP contribution >= 0.6 is 22.9 Å². The van der Waals surface area contributed by atoms with Crippen molar-refractivity contribution in [3.63, 3.8) is 0 Å². The second-order valence-electron chi connectivity index (χ2n) is 6.04. The number of carbonyl (C=O) groups excluding carboxylic acids is 1. The van der Waals surface area contributed by atoms with E-state index in [-0.39, 0.29) is 11.3 Å². The van der Waals surface area contributed by atoms with Crippen molar-refractivity contribution >= 4 is 28.8 Å². The zero-order valence-corrected chi connectivity index (χ0v) is 14.1. The van der Waals surface area contributed by atoms with Gasteiger partial charge in [0.15, 0.2) is 0 Å². The van der Waals surface area contributed by atoms with E-state index in [0.29, 0.717) is 11.4 Å². The van der Waals surface area contributed by atoms with E-state index in [1.807, 2.05) is 24.3 Å². The zero-order valence-electron chi connectivity index (χ0n) is 12.5. The van der Waals surface area contributed by atoms with Gasteiger partial charge >= 0.3 is 0 Å². The number of thiophene rings is 1. The van der Waals surface area contributed by atoms with Crippen LogP contribution in [0, 0.1) is 0 Å². The Labute approximate surface area is 140 Å². The largest absolute Gasteiger partial charge is 0.355 e. The molecule has 2 aromatic rings. The molecule has 1 aromatic carbocycles. The first-order valence-electron chi connectivity index (χ1n) is 7.72. The zero-order chi connectivity index (χ0) is 15.4. The highest BCUT2D eigenvalue weighted by molar-refractivity contribution is 7.08. The minimum absolute atomic E-state index is 0.0506. The van der Waals surface area contributed by atoms with Gasteiger partial charge in [-0.3, -0.25) is 4.79 Å². The second-order valence-corrected chi connectivity index (χ2v) is 7.23. The fourth-order valence-electron chi connectivity index (χ4n) is 3.33. The van der Waals surface area contributed by atoms with Crippen molar-refractivity contribution in [3.05, 3.63) is 57.2 Å². The average Bonchev–Trinajstić information content (AvgIpc) is 3.19. The molecule has 4 heteroatoms. The molecule has 3 rings (SSSR count). The van der Waals surface area contributed by atoms with Gasteiger partial charge in [0.25, 0.3) is 0 Å². The molecule has 2 nitrogen and oxygen atoms in total. The van der Waals surface area contributed by atoms with Crippen molar-refractivity contribution in [2.45, 2.75) is 37.5 Å². The summed E-state index contributed by atoms with van der Waals surface area (Å²) in [6.07, 6.45) is 5.16. The van der Waals surface area contributed by atoms with Gasteiger partial charge < -0.3 is 5.32 Å². The summed E-state index contributed by atoms with van der Waals surface area (Å²) < 4.78 is 0. The van der Waals surface area contributed by atoms with Crippen molar-refractivity contribution < 1.29 is 4.79 Å². The molecule has 1 saturated carbocycles. The number of hydrogen-bond donors (Lipinski definition) is 1. The summed E-state index contributed by atoms with van der Waals surface area (Å²) in [5.41, 5.74) is 2.40. The van der Waals surface area contributed by atoms with E-state index in [1.165, 1.54) is 18.4 Å². The Hall–Kier alpha value is -1.32. The molecule has 0 radical (unpaired) electrons. The Bertz CT molecular complexity index is 632. The third-order valence-corrected chi connectivity index (χ3v) is 5.68. The highest BCUT2D eigenvalue weighted by Gasteiger charge is 2.36. The van der Waals surface area contributed by atoms with Crippen LogP contribution in [0.4, 0.5) is 0 Å². The fourth-order valence-corrected chi connectivity index (χ4v) is 4.31. The van der Waals surface area contributed by atoms with Gasteiger partial charge in [0.2, 0.25) is 5.91 Å². The van der Waals surface area contributed by atoms with E-state index in [9.17, 15) is 4.79 Å². The first-order valence-corrected chi connectivity index (χ1v) is 9.04. The van der Waals surface area contributed by atoms with Crippen LogP contribution in [0.2, 0.25) is 5.02 Å². The predicted octanol–water partition coefficient (Wildman–Crippen LogP) is 4.57. The summed E-state index contributed by atoms with van der Waals surface area (Å²) >= 11 is 7.86. The molecule has 1 N–H and O–H groups in total. The number of nitrogens with one attached hydrogen (secondary N) is 1. The molecule has 1 aromatic heterocycles. The van der Waals surface area contributed by atoms with Gasteiger partial charge in [-0.25, -0.2) is 0 Å². The summed E-state index contributed by atoms with van der Waals surface area (Å²) in [5.74, 6) is 0.0506. The summed E-state index contributed by atoms with van der Waals surface area (Å²) in [6.45, 7) is 0.729. The molecule has 0 bridgehead atoms. The number of benzene rings is 1. The van der Waals surface area contributed by atoms with E-state index in [1.54, 1.807) is 11.3 Å². The summed E-state index contributed by atoms with van der Waals surface area (Å²) in [4.78, 5) is 12.3. The maximum atomic E-state index is 12.3. The van der Waals surface area contributed by atoms with Gasteiger partial charge in [0.1, 0.15) is 0 Å². The van der Waals surface area contributed by atoms with Crippen LogP contribution < -0.4 is 5.32 Å². The number of halogens is 1. The molecule has 0 unspecified atom stereocenters. The lowest BCUT2D eigenvalue weighted by Crippen LogP contribution is -2.39. The molecule has 116 valence electrons. The lowest BCUT2D eigenvalue weighted by molar-refractivity contribution is -0.120. The summed E-state index contributed by atoms with van der Waals surface area (Å²) in [6, 6.07) is 9.74. The van der Waals surface area contributed by atoms with Crippen molar-refractivity contribution in [2.75, 3.05) is 6.54 Å². The number of hydrogen-bond acceptors (Lipinski definition) is 2. The molecule has 1 heterocycles. The van der Waals surface area contributed by atoms with E-state index >= 15 is 0 Å². The van der Waals surface area contributed by atoms with Gasteiger partial charge in [0, 0.05) is 17.0 Å². The van der Waals surface area contributed by atoms with Gasteiger partial charge in [-0.05, 0) is 46.9 Å². The minimum Gasteiger partial charge on any atom is -0.355 e. The quantitative estimate of drug-likeness (QED) is 0.853. The van der Waals surface area contributed by atoms with Crippen molar-refractivity contribution in [1.82, 2.24) is 5.32 Å². The van der Waals surface area contributed by atoms with E-state index < -0.39 is 0 Å². The molecule has 0 spiro atoms. The predicted molar refractivity (Wildman–Crippen MR) is 92.6 cm³/mol. The van der Waals surface area contributed by atoms with Crippen LogP contribution in [0.5, 0.6) is 0 Å². The Morgan fingerprint density at radius 2 is 2.00 bits per heavy atom. The summed E-state index contributed by atoms with van der Waals surface area (Å²) in [7, 11) is 0. The SMILES string of the molecule is O=C(Cc1ccccc1Cl)NCC1(c2ccsc2)CCCC1. The average molecular weight is 334 g/mol. The highest BCUT2D eigenvalue weighted by atomic mass is 35.5. The molecule has 1 aliphatic carbocycles. The van der Waals surface area contributed by atoms with Gasteiger partial charge in [-0.1, -0.05) is 42.6 Å². The van der Waals surface area contributed by atoms with E-state index in [2.05, 4.69) is 22.1 Å². The molecular formula is C18H20ClNOS. The van der Waals surface area contributed by atoms with Gasteiger partial charge in [-0.2, -0.15) is 11.3 Å². The van der Waals surface area contributed by atoms with Crippen LogP contribution in [-0.4, -0.2) is 12.5 Å². The van der Waals surface area contributed by atoms with E-state index in [0.717, 1.165) is 24.9 Å². The van der Waals surface area contributed by atoms with Gasteiger partial charge in [0.05, 0.1) is 6.42 Å². The van der Waals surface area contributed by atoms with Crippen LogP contribution in [-0.2, 0) is 16.6 Å². The Morgan fingerprint density at radius 3 is 2.68 bits per heavy atom. The molecule has 1 aliphatic rings. The van der Waals surface area contributed by atoms with E-state index in [4.69, 9.17) is 11.6 Å². The smallest absolute Gasteiger partial charge is 0.224 e. The minimum atomic E-state index is 0.0506. The van der Waals surface area contributed by atoms with Crippen LogP contribution in [0.25, 0.3) is 0 Å². The third kappa shape index (κ3) is 3.36. The lowest BCUT2D eigenvalue weighted by atomic mass is 9.80. The van der Waals surface area contributed by atoms with Crippen molar-refractivity contribution in [1.29, 1.82) is 0 Å². The molecule has 1 fully saturated rings. The summed E-state index contributed by atoms with van der Waals surface area (Å²) in [5, 5.41) is 8.15. The lowest BCUT2D eigenvalue weighted by Gasteiger charge is -2.28. The number of rotatable bonds is 5. The normalized spacial score (nSPS) is 16.6. The maximum absolute atomic E-state index is 12.3. The number of carbonyl (C=O) groups is 1. The Morgan fingerprint density at radius 1 is 1.23 bits per heavy atom. The first-order chi connectivity index (χ1) is 10.7. The van der Waals surface area contributed by atoms with Crippen molar-refractivity contribution in [2.24, 2.45) is 0 Å². The third-order valence-electron chi connectivity index (χ3n) is 4.63. The monoisotopic (exact) mass is 333 g/mol. The van der Waals surface area contributed by atoms with Crippen molar-refractivity contribution in [3.8, 4) is 0 Å². The van der Waals surface area contributed by atoms with Crippen LogP contribution in [0.3, 0.4) is 0 Å². The molecule has 0 atom stereocenters. The Kier molecular flexibility index (Phi) is 4.84.